The van der Waals surface area contributed by atoms with Crippen molar-refractivity contribution in [3.05, 3.63) is 30.1 Å². The van der Waals surface area contributed by atoms with E-state index in [1.54, 1.807) is 7.11 Å². The van der Waals surface area contributed by atoms with E-state index in [0.717, 1.165) is 63.4 Å². The number of methoxy groups -OCH3 is 1. The van der Waals surface area contributed by atoms with Crippen LogP contribution in [0.5, 0.6) is 0 Å². The van der Waals surface area contributed by atoms with E-state index in [4.69, 9.17) is 4.74 Å². The molecule has 0 unspecified atom stereocenters. The minimum Gasteiger partial charge on any atom is -0.383 e. The number of likely N-dealkylation sites (N-methyl/N-ethyl adjacent to an activating group) is 1. The van der Waals surface area contributed by atoms with E-state index in [9.17, 15) is 4.79 Å². The van der Waals surface area contributed by atoms with Crippen molar-refractivity contribution in [2.45, 2.75) is 57.8 Å². The predicted octanol–water partition coefficient (Wildman–Crippen LogP) is 4.21. The van der Waals surface area contributed by atoms with Crippen LogP contribution in [-0.4, -0.2) is 74.3 Å². The van der Waals surface area contributed by atoms with Crippen LogP contribution in [0.4, 0.5) is 4.79 Å². The fourth-order valence-corrected chi connectivity index (χ4v) is 7.08. The van der Waals surface area contributed by atoms with Gasteiger partial charge in [-0.05, 0) is 106 Å². The monoisotopic (exact) mass is 456 g/mol. The van der Waals surface area contributed by atoms with E-state index in [1.165, 1.54) is 50.5 Å². The maximum absolute atomic E-state index is 13.2. The Morgan fingerprint density at radius 2 is 1.73 bits per heavy atom. The van der Waals surface area contributed by atoms with Gasteiger partial charge in [-0.25, -0.2) is 4.79 Å². The third kappa shape index (κ3) is 6.92. The molecular weight excluding hydrogens is 412 g/mol. The van der Waals surface area contributed by atoms with Crippen LogP contribution < -0.4 is 5.32 Å². The molecular formula is C27H44N4O2. The molecule has 0 radical (unpaired) electrons. The average molecular weight is 457 g/mol. The summed E-state index contributed by atoms with van der Waals surface area (Å²) in [7, 11) is 3.86. The van der Waals surface area contributed by atoms with Crippen molar-refractivity contribution in [3.8, 4) is 0 Å². The number of pyridine rings is 1. The zero-order valence-electron chi connectivity index (χ0n) is 20.8. The first-order valence-corrected chi connectivity index (χ1v) is 13.1. The van der Waals surface area contributed by atoms with Crippen LogP contribution in [-0.2, 0) is 11.2 Å². The fraction of sp³-hybridized carbons (Fsp3) is 0.778. The summed E-state index contributed by atoms with van der Waals surface area (Å²) in [5, 5.41) is 3.21. The SMILES string of the molecule is COCCN(C)CCN(CCC12CC3CC(CC(C3)C1)C2)C(=O)NCCCc1ccncc1. The number of hydrogen-bond donors (Lipinski definition) is 1. The Bertz CT molecular complexity index is 706. The number of nitrogens with one attached hydrogen (secondary N) is 1. The van der Waals surface area contributed by atoms with Gasteiger partial charge in [0.15, 0.2) is 0 Å². The van der Waals surface area contributed by atoms with Crippen LogP contribution in [0.25, 0.3) is 0 Å². The first-order chi connectivity index (χ1) is 16.0. The molecule has 6 nitrogen and oxygen atoms in total. The van der Waals surface area contributed by atoms with E-state index < -0.39 is 0 Å². The number of carbonyl (C=O) groups is 1. The highest BCUT2D eigenvalue weighted by atomic mass is 16.5. The van der Waals surface area contributed by atoms with Gasteiger partial charge in [0.25, 0.3) is 0 Å². The highest BCUT2D eigenvalue weighted by Crippen LogP contribution is 2.61. The molecule has 4 bridgehead atoms. The number of nitrogens with zero attached hydrogens (tertiary/aromatic N) is 3. The largest absolute Gasteiger partial charge is 0.383 e. The average Bonchev–Trinajstić information content (AvgIpc) is 2.80. The lowest BCUT2D eigenvalue weighted by molar-refractivity contribution is -0.0597. The number of hydrogen-bond acceptors (Lipinski definition) is 4. The maximum atomic E-state index is 13.2. The fourth-order valence-electron chi connectivity index (χ4n) is 7.08. The van der Waals surface area contributed by atoms with Gasteiger partial charge >= 0.3 is 6.03 Å². The van der Waals surface area contributed by atoms with Crippen LogP contribution in [0, 0.1) is 23.2 Å². The van der Waals surface area contributed by atoms with Gasteiger partial charge in [0.2, 0.25) is 0 Å². The van der Waals surface area contributed by atoms with Gasteiger partial charge < -0.3 is 19.9 Å². The lowest BCUT2D eigenvalue weighted by Gasteiger charge is -2.57. The van der Waals surface area contributed by atoms with Crippen molar-refractivity contribution in [2.75, 3.05) is 53.5 Å². The Morgan fingerprint density at radius 3 is 2.36 bits per heavy atom. The standard InChI is InChI=1S/C27H44N4O2/c1-30(14-15-33-2)12-13-31(26(32)29-8-3-4-22-5-9-28-10-6-22)11-7-27-19-23-16-24(20-27)18-25(17-23)21-27/h5-6,9-10,23-25H,3-4,7-8,11-21H2,1-2H3,(H,29,32). The molecule has 0 aliphatic heterocycles. The summed E-state index contributed by atoms with van der Waals surface area (Å²) < 4.78 is 5.22. The molecule has 1 N–H and O–H groups in total. The Hall–Kier alpha value is -1.66. The smallest absolute Gasteiger partial charge is 0.317 e. The van der Waals surface area contributed by atoms with Gasteiger partial charge in [-0.15, -0.1) is 0 Å². The predicted molar refractivity (Wildman–Crippen MR) is 132 cm³/mol. The highest BCUT2D eigenvalue weighted by molar-refractivity contribution is 5.74. The molecule has 0 spiro atoms. The number of amides is 2. The minimum absolute atomic E-state index is 0.106. The molecule has 0 aromatic carbocycles. The first kappa shape index (κ1) is 24.5. The lowest BCUT2D eigenvalue weighted by Crippen LogP contribution is -2.49. The van der Waals surface area contributed by atoms with Crippen molar-refractivity contribution in [1.29, 1.82) is 0 Å². The molecule has 4 aliphatic rings. The molecule has 0 atom stereocenters. The van der Waals surface area contributed by atoms with Gasteiger partial charge in [-0.2, -0.15) is 0 Å². The van der Waals surface area contributed by atoms with Gasteiger partial charge in [-0.3, -0.25) is 4.98 Å². The van der Waals surface area contributed by atoms with Gasteiger partial charge in [0.1, 0.15) is 0 Å². The van der Waals surface area contributed by atoms with E-state index in [1.807, 2.05) is 12.4 Å². The summed E-state index contributed by atoms with van der Waals surface area (Å²) in [6.07, 6.45) is 15.4. The highest BCUT2D eigenvalue weighted by Gasteiger charge is 2.50. The second-order valence-electron chi connectivity index (χ2n) is 11.1. The summed E-state index contributed by atoms with van der Waals surface area (Å²) in [5.74, 6) is 2.89. The number of aromatic nitrogens is 1. The number of urea groups is 1. The van der Waals surface area contributed by atoms with Gasteiger partial charge in [-0.1, -0.05) is 0 Å². The van der Waals surface area contributed by atoms with Crippen molar-refractivity contribution in [2.24, 2.45) is 23.2 Å². The molecule has 1 heterocycles. The van der Waals surface area contributed by atoms with E-state index in [0.29, 0.717) is 12.0 Å². The van der Waals surface area contributed by atoms with Crippen molar-refractivity contribution >= 4 is 6.03 Å². The van der Waals surface area contributed by atoms with Crippen molar-refractivity contribution < 1.29 is 9.53 Å². The number of ether oxygens (including phenoxy) is 1. The summed E-state index contributed by atoms with van der Waals surface area (Å²) in [5.41, 5.74) is 1.79. The summed E-state index contributed by atoms with van der Waals surface area (Å²) >= 11 is 0. The molecule has 4 fully saturated rings. The van der Waals surface area contributed by atoms with Gasteiger partial charge in [0, 0.05) is 52.2 Å². The lowest BCUT2D eigenvalue weighted by atomic mass is 9.49. The molecule has 5 rings (SSSR count). The Morgan fingerprint density at radius 1 is 1.06 bits per heavy atom. The molecule has 4 saturated carbocycles. The molecule has 1 aromatic rings. The molecule has 6 heteroatoms. The van der Waals surface area contributed by atoms with Crippen LogP contribution in [0.1, 0.15) is 56.9 Å². The van der Waals surface area contributed by atoms with Gasteiger partial charge in [0.05, 0.1) is 6.61 Å². The third-order valence-corrected chi connectivity index (χ3v) is 8.46. The summed E-state index contributed by atoms with van der Waals surface area (Å²) in [4.78, 5) is 21.6. The van der Waals surface area contributed by atoms with Crippen LogP contribution in [0.3, 0.4) is 0 Å². The Kier molecular flexibility index (Phi) is 8.64. The van der Waals surface area contributed by atoms with E-state index in [-0.39, 0.29) is 6.03 Å². The van der Waals surface area contributed by atoms with E-state index >= 15 is 0 Å². The molecule has 1 aromatic heterocycles. The van der Waals surface area contributed by atoms with Crippen molar-refractivity contribution in [3.63, 3.8) is 0 Å². The topological polar surface area (TPSA) is 57.7 Å². The summed E-state index contributed by atoms with van der Waals surface area (Å²) in [6, 6.07) is 4.21. The molecule has 33 heavy (non-hydrogen) atoms. The van der Waals surface area contributed by atoms with Crippen LogP contribution in [0.15, 0.2) is 24.5 Å². The molecule has 2 amide bonds. The second kappa shape index (κ2) is 11.7. The zero-order valence-corrected chi connectivity index (χ0v) is 20.8. The summed E-state index contributed by atoms with van der Waals surface area (Å²) in [6.45, 7) is 4.89. The third-order valence-electron chi connectivity index (χ3n) is 8.46. The van der Waals surface area contributed by atoms with Crippen molar-refractivity contribution in [1.82, 2.24) is 20.1 Å². The number of aryl methyl sites for hydroxylation is 1. The molecule has 0 saturated heterocycles. The first-order valence-electron chi connectivity index (χ1n) is 13.1. The molecule has 184 valence electrons. The normalized spacial score (nSPS) is 27.8. The van der Waals surface area contributed by atoms with Crippen LogP contribution in [0.2, 0.25) is 0 Å². The van der Waals surface area contributed by atoms with E-state index in [2.05, 4.69) is 39.3 Å². The Balaban J connectivity index is 1.28. The zero-order chi connectivity index (χ0) is 23.1. The van der Waals surface area contributed by atoms with Crippen LogP contribution >= 0.6 is 0 Å². The Labute approximate surface area is 200 Å². The maximum Gasteiger partial charge on any atom is 0.317 e. The second-order valence-corrected chi connectivity index (χ2v) is 11.1. The quantitative estimate of drug-likeness (QED) is 0.452. The number of carbonyl (C=O) groups excluding carboxylic acids is 1. The molecule has 4 aliphatic carbocycles. The minimum atomic E-state index is 0.106. The number of rotatable bonds is 13.